The number of rotatable bonds is 4. The number of pyridine rings is 1. The fraction of sp³-hybridized carbons (Fsp3) is 0.438. The Bertz CT molecular complexity index is 769. The predicted octanol–water partition coefficient (Wildman–Crippen LogP) is 2.80. The lowest BCUT2D eigenvalue weighted by Gasteiger charge is -2.25. The van der Waals surface area contributed by atoms with E-state index in [9.17, 15) is 14.3 Å². The molecule has 7 nitrogen and oxygen atoms in total. The molecule has 1 N–H and O–H groups in total. The van der Waals surface area contributed by atoms with Crippen LogP contribution in [0.25, 0.3) is 11.3 Å². The van der Waals surface area contributed by atoms with Crippen molar-refractivity contribution in [2.24, 2.45) is 0 Å². The smallest absolute Gasteiger partial charge is 0.356 e. The molecular weight excluding hydrogens is 317 g/mol. The fourth-order valence-corrected chi connectivity index (χ4v) is 2.90. The minimum absolute atomic E-state index is 0.159. The standard InChI is InChI=1S/C16H18FN3O4/c1-9-14(10(17)8-18-15(9)23-2)12-7-11(16(21)22)19-20(12)13-5-3-4-6-24-13/h7-8,13H,3-6H2,1-2H3,(H,21,22). The maximum Gasteiger partial charge on any atom is 0.356 e. The van der Waals surface area contributed by atoms with Crippen molar-refractivity contribution in [3.8, 4) is 17.1 Å². The van der Waals surface area contributed by atoms with E-state index in [-0.39, 0.29) is 17.1 Å². The molecule has 1 fully saturated rings. The Kier molecular flexibility index (Phi) is 4.48. The van der Waals surface area contributed by atoms with Gasteiger partial charge in [0, 0.05) is 17.7 Å². The molecule has 1 atom stereocenters. The Labute approximate surface area is 138 Å². The molecule has 2 aromatic rings. The molecule has 1 unspecified atom stereocenters. The summed E-state index contributed by atoms with van der Waals surface area (Å²) in [4.78, 5) is 15.2. The molecule has 2 aromatic heterocycles. The molecule has 0 radical (unpaired) electrons. The zero-order valence-electron chi connectivity index (χ0n) is 13.5. The molecule has 0 aromatic carbocycles. The largest absolute Gasteiger partial charge is 0.481 e. The lowest BCUT2D eigenvalue weighted by atomic mass is 10.1. The van der Waals surface area contributed by atoms with Crippen molar-refractivity contribution in [1.29, 1.82) is 0 Å². The minimum Gasteiger partial charge on any atom is -0.481 e. The number of carboxylic acid groups (broad SMARTS) is 1. The van der Waals surface area contributed by atoms with E-state index in [1.165, 1.54) is 17.9 Å². The van der Waals surface area contributed by atoms with Crippen molar-refractivity contribution in [2.75, 3.05) is 13.7 Å². The Morgan fingerprint density at radius 1 is 1.50 bits per heavy atom. The van der Waals surface area contributed by atoms with Gasteiger partial charge in [0.15, 0.2) is 17.7 Å². The van der Waals surface area contributed by atoms with Gasteiger partial charge in [-0.2, -0.15) is 5.10 Å². The number of aromatic nitrogens is 3. The Morgan fingerprint density at radius 2 is 2.29 bits per heavy atom. The third kappa shape index (κ3) is 2.84. The second-order valence-electron chi connectivity index (χ2n) is 5.60. The number of nitrogens with zero attached hydrogens (tertiary/aromatic N) is 3. The molecule has 0 spiro atoms. The van der Waals surface area contributed by atoms with E-state index >= 15 is 0 Å². The molecule has 128 valence electrons. The zero-order chi connectivity index (χ0) is 17.3. The van der Waals surface area contributed by atoms with Crippen LogP contribution in [0.3, 0.4) is 0 Å². The van der Waals surface area contributed by atoms with Crippen LogP contribution >= 0.6 is 0 Å². The molecule has 24 heavy (non-hydrogen) atoms. The highest BCUT2D eigenvalue weighted by molar-refractivity contribution is 5.87. The molecule has 0 aliphatic carbocycles. The summed E-state index contributed by atoms with van der Waals surface area (Å²) in [5.74, 6) is -1.47. The van der Waals surface area contributed by atoms with Crippen molar-refractivity contribution in [3.63, 3.8) is 0 Å². The van der Waals surface area contributed by atoms with E-state index in [4.69, 9.17) is 9.47 Å². The zero-order valence-corrected chi connectivity index (χ0v) is 13.5. The van der Waals surface area contributed by atoms with Crippen LogP contribution in [0.1, 0.15) is 41.5 Å². The molecular formula is C16H18FN3O4. The van der Waals surface area contributed by atoms with Crippen molar-refractivity contribution >= 4 is 5.97 Å². The maximum absolute atomic E-state index is 14.5. The average molecular weight is 335 g/mol. The van der Waals surface area contributed by atoms with Gasteiger partial charge in [-0.15, -0.1) is 0 Å². The van der Waals surface area contributed by atoms with Gasteiger partial charge in [-0.05, 0) is 32.3 Å². The Hall–Kier alpha value is -2.48. The first-order valence-corrected chi connectivity index (χ1v) is 7.66. The summed E-state index contributed by atoms with van der Waals surface area (Å²) in [6.07, 6.45) is 3.21. The molecule has 0 amide bonds. The highest BCUT2D eigenvalue weighted by Crippen LogP contribution is 2.35. The van der Waals surface area contributed by atoms with Crippen LogP contribution in [0.2, 0.25) is 0 Å². The lowest BCUT2D eigenvalue weighted by molar-refractivity contribution is -0.0385. The number of carboxylic acids is 1. The number of halogens is 1. The number of hydrogen-bond acceptors (Lipinski definition) is 5. The van der Waals surface area contributed by atoms with E-state index in [1.54, 1.807) is 6.92 Å². The van der Waals surface area contributed by atoms with Crippen molar-refractivity contribution in [1.82, 2.24) is 14.8 Å². The number of carbonyl (C=O) groups is 1. The van der Waals surface area contributed by atoms with E-state index in [0.29, 0.717) is 24.3 Å². The number of aromatic carboxylic acids is 1. The van der Waals surface area contributed by atoms with Gasteiger partial charge in [0.25, 0.3) is 0 Å². The normalized spacial score (nSPS) is 17.7. The molecule has 1 aliphatic rings. The van der Waals surface area contributed by atoms with Gasteiger partial charge in [-0.3, -0.25) is 0 Å². The second kappa shape index (κ2) is 6.56. The molecule has 3 heterocycles. The quantitative estimate of drug-likeness (QED) is 0.924. The SMILES string of the molecule is COc1ncc(F)c(-c2cc(C(=O)O)nn2C2CCCCO2)c1C. The van der Waals surface area contributed by atoms with E-state index < -0.39 is 18.0 Å². The van der Waals surface area contributed by atoms with Gasteiger partial charge < -0.3 is 14.6 Å². The van der Waals surface area contributed by atoms with E-state index in [0.717, 1.165) is 19.0 Å². The summed E-state index contributed by atoms with van der Waals surface area (Å²) >= 11 is 0. The number of ether oxygens (including phenoxy) is 2. The molecule has 0 bridgehead atoms. The van der Waals surface area contributed by atoms with Crippen molar-refractivity contribution in [2.45, 2.75) is 32.4 Å². The molecule has 1 aliphatic heterocycles. The van der Waals surface area contributed by atoms with Crippen LogP contribution in [0.5, 0.6) is 5.88 Å². The molecule has 3 rings (SSSR count). The summed E-state index contributed by atoms with van der Waals surface area (Å²) in [7, 11) is 1.45. The summed E-state index contributed by atoms with van der Waals surface area (Å²) in [6.45, 7) is 2.23. The summed E-state index contributed by atoms with van der Waals surface area (Å²) < 4.78 is 26.8. The first kappa shape index (κ1) is 16.4. The first-order valence-electron chi connectivity index (χ1n) is 7.66. The van der Waals surface area contributed by atoms with Crippen molar-refractivity contribution in [3.05, 3.63) is 29.3 Å². The van der Waals surface area contributed by atoms with Gasteiger partial charge in [0.2, 0.25) is 5.88 Å². The predicted molar refractivity (Wildman–Crippen MR) is 82.5 cm³/mol. The summed E-state index contributed by atoms with van der Waals surface area (Å²) in [6, 6.07) is 1.35. The van der Waals surface area contributed by atoms with Crippen LogP contribution < -0.4 is 4.74 Å². The fourth-order valence-electron chi connectivity index (χ4n) is 2.90. The van der Waals surface area contributed by atoms with Crippen LogP contribution in [-0.2, 0) is 4.74 Å². The van der Waals surface area contributed by atoms with E-state index in [2.05, 4.69) is 10.1 Å². The summed E-state index contributed by atoms with van der Waals surface area (Å²) in [5.41, 5.74) is 0.881. The number of methoxy groups -OCH3 is 1. The van der Waals surface area contributed by atoms with Gasteiger partial charge >= 0.3 is 5.97 Å². The second-order valence-corrected chi connectivity index (χ2v) is 5.60. The highest BCUT2D eigenvalue weighted by Gasteiger charge is 2.26. The van der Waals surface area contributed by atoms with E-state index in [1.807, 2.05) is 0 Å². The Balaban J connectivity index is 2.18. The molecule has 1 saturated heterocycles. The van der Waals surface area contributed by atoms with Crippen LogP contribution in [0.15, 0.2) is 12.3 Å². The van der Waals surface area contributed by atoms with Crippen LogP contribution in [0, 0.1) is 12.7 Å². The third-order valence-electron chi connectivity index (χ3n) is 4.06. The highest BCUT2D eigenvalue weighted by atomic mass is 19.1. The van der Waals surface area contributed by atoms with Gasteiger partial charge in [-0.1, -0.05) is 0 Å². The van der Waals surface area contributed by atoms with Crippen LogP contribution in [-0.4, -0.2) is 39.6 Å². The topological polar surface area (TPSA) is 86.5 Å². The number of hydrogen-bond donors (Lipinski definition) is 1. The monoisotopic (exact) mass is 335 g/mol. The van der Waals surface area contributed by atoms with Crippen LogP contribution in [0.4, 0.5) is 4.39 Å². The molecule has 8 heteroatoms. The maximum atomic E-state index is 14.5. The minimum atomic E-state index is -1.18. The van der Waals surface area contributed by atoms with Crippen molar-refractivity contribution < 1.29 is 23.8 Å². The first-order chi connectivity index (χ1) is 11.5. The van der Waals surface area contributed by atoms with Gasteiger partial charge in [-0.25, -0.2) is 18.9 Å². The summed E-state index contributed by atoms with van der Waals surface area (Å²) in [5, 5.41) is 13.4. The lowest BCUT2D eigenvalue weighted by Crippen LogP contribution is -2.20. The molecule has 0 saturated carbocycles. The average Bonchev–Trinajstić information content (AvgIpc) is 3.01. The van der Waals surface area contributed by atoms with Gasteiger partial charge in [0.1, 0.15) is 0 Å². The van der Waals surface area contributed by atoms with Gasteiger partial charge in [0.05, 0.1) is 19.0 Å². The third-order valence-corrected chi connectivity index (χ3v) is 4.06. The Morgan fingerprint density at radius 3 is 2.92 bits per heavy atom.